The van der Waals surface area contributed by atoms with Crippen molar-refractivity contribution in [2.75, 3.05) is 31.1 Å². The lowest BCUT2D eigenvalue weighted by Crippen LogP contribution is -2.66. The van der Waals surface area contributed by atoms with Crippen LogP contribution in [-0.2, 0) is 11.3 Å². The van der Waals surface area contributed by atoms with Gasteiger partial charge < -0.3 is 14.5 Å². The van der Waals surface area contributed by atoms with Crippen LogP contribution in [0.25, 0.3) is 5.52 Å². The number of anilines is 1. The molecule has 3 fully saturated rings. The Bertz CT molecular complexity index is 1160. The SMILES string of the molecule is O=C(OCc1cscn1)N1CCC(c2cnn3cc(N4CC5(C4)CC(F)(F)C5)ccc23)CC1. The Kier molecular flexibility index (Phi) is 4.83. The lowest BCUT2D eigenvalue weighted by atomic mass is 9.61. The van der Waals surface area contributed by atoms with Gasteiger partial charge in [0.05, 0.1) is 34.8 Å². The molecule has 7 nitrogen and oxygen atoms in total. The van der Waals surface area contributed by atoms with Crippen molar-refractivity contribution in [2.45, 2.75) is 44.1 Å². The molecule has 0 radical (unpaired) electrons. The first-order chi connectivity index (χ1) is 15.9. The summed E-state index contributed by atoms with van der Waals surface area (Å²) in [5.74, 6) is -2.14. The van der Waals surface area contributed by atoms with Crippen molar-refractivity contribution < 1.29 is 18.3 Å². The zero-order valence-electron chi connectivity index (χ0n) is 18.1. The molecule has 174 valence electrons. The molecule has 3 aliphatic rings. The Labute approximate surface area is 194 Å². The number of ether oxygens (including phenoxy) is 1. The first-order valence-electron chi connectivity index (χ1n) is 11.3. The molecule has 6 rings (SSSR count). The van der Waals surface area contributed by atoms with Crippen molar-refractivity contribution in [1.82, 2.24) is 19.5 Å². The molecule has 3 aromatic heterocycles. The minimum absolute atomic E-state index is 0.0156. The van der Waals surface area contributed by atoms with Crippen LogP contribution in [0.15, 0.2) is 35.4 Å². The number of carbonyl (C=O) groups excluding carboxylic acids is 1. The van der Waals surface area contributed by atoms with Crippen molar-refractivity contribution in [3.8, 4) is 0 Å². The number of nitrogens with zero attached hydrogens (tertiary/aromatic N) is 5. The molecule has 1 saturated carbocycles. The number of rotatable bonds is 4. The summed E-state index contributed by atoms with van der Waals surface area (Å²) >= 11 is 1.48. The van der Waals surface area contributed by atoms with Crippen LogP contribution >= 0.6 is 11.3 Å². The average Bonchev–Trinajstić information content (AvgIpc) is 3.43. The molecule has 1 aliphatic carbocycles. The van der Waals surface area contributed by atoms with Gasteiger partial charge in [-0.2, -0.15) is 5.10 Å². The third kappa shape index (κ3) is 3.84. The van der Waals surface area contributed by atoms with Gasteiger partial charge in [0.25, 0.3) is 0 Å². The van der Waals surface area contributed by atoms with Crippen LogP contribution in [-0.4, -0.2) is 57.7 Å². The number of carbonyl (C=O) groups is 1. The highest BCUT2D eigenvalue weighted by Crippen LogP contribution is 2.57. The lowest BCUT2D eigenvalue weighted by Gasteiger charge is -2.59. The van der Waals surface area contributed by atoms with E-state index in [1.54, 1.807) is 10.4 Å². The number of alkyl halides is 2. The van der Waals surface area contributed by atoms with E-state index in [9.17, 15) is 13.6 Å². The molecule has 10 heteroatoms. The zero-order valence-corrected chi connectivity index (χ0v) is 18.9. The number of thiazole rings is 1. The molecule has 0 aromatic carbocycles. The molecule has 1 spiro atoms. The Hall–Kier alpha value is -2.75. The molecule has 5 heterocycles. The number of piperidine rings is 1. The van der Waals surface area contributed by atoms with Crippen LogP contribution in [0.1, 0.15) is 42.9 Å². The first-order valence-corrected chi connectivity index (χ1v) is 12.2. The smallest absolute Gasteiger partial charge is 0.410 e. The second-order valence-electron chi connectivity index (χ2n) is 9.68. The van der Waals surface area contributed by atoms with Gasteiger partial charge in [0.2, 0.25) is 5.92 Å². The van der Waals surface area contributed by atoms with E-state index >= 15 is 0 Å². The number of aromatic nitrogens is 3. The summed E-state index contributed by atoms with van der Waals surface area (Å²) in [5, 5.41) is 6.44. The maximum atomic E-state index is 13.3. The normalized spacial score (nSPS) is 21.8. The summed E-state index contributed by atoms with van der Waals surface area (Å²) in [6, 6.07) is 4.14. The van der Waals surface area contributed by atoms with E-state index in [2.05, 4.69) is 27.1 Å². The van der Waals surface area contributed by atoms with E-state index in [-0.39, 0.29) is 31.0 Å². The second-order valence-corrected chi connectivity index (χ2v) is 10.4. The van der Waals surface area contributed by atoms with Gasteiger partial charge in [0.15, 0.2) is 0 Å². The average molecular weight is 474 g/mol. The highest BCUT2D eigenvalue weighted by atomic mass is 32.1. The fourth-order valence-corrected chi connectivity index (χ4v) is 6.16. The number of amides is 1. The quantitative estimate of drug-likeness (QED) is 0.557. The van der Waals surface area contributed by atoms with Crippen LogP contribution in [0, 0.1) is 5.41 Å². The van der Waals surface area contributed by atoms with E-state index in [1.807, 2.05) is 22.3 Å². The van der Waals surface area contributed by atoms with Crippen molar-refractivity contribution in [2.24, 2.45) is 5.41 Å². The van der Waals surface area contributed by atoms with E-state index < -0.39 is 5.92 Å². The van der Waals surface area contributed by atoms with Crippen LogP contribution in [0.5, 0.6) is 0 Å². The van der Waals surface area contributed by atoms with E-state index in [0.29, 0.717) is 32.1 Å². The molecular formula is C23H25F2N5O2S. The molecule has 2 saturated heterocycles. The minimum atomic E-state index is -2.47. The summed E-state index contributed by atoms with van der Waals surface area (Å²) < 4.78 is 33.8. The van der Waals surface area contributed by atoms with Crippen LogP contribution < -0.4 is 4.90 Å². The number of pyridine rings is 1. The summed E-state index contributed by atoms with van der Waals surface area (Å²) in [4.78, 5) is 20.4. The molecular weight excluding hydrogens is 448 g/mol. The largest absolute Gasteiger partial charge is 0.443 e. The van der Waals surface area contributed by atoms with Crippen molar-refractivity contribution >= 4 is 28.6 Å². The maximum absolute atomic E-state index is 13.3. The van der Waals surface area contributed by atoms with Gasteiger partial charge in [-0.1, -0.05) is 0 Å². The first kappa shape index (κ1) is 20.8. The number of hydrogen-bond acceptors (Lipinski definition) is 6. The van der Waals surface area contributed by atoms with Crippen molar-refractivity contribution in [3.63, 3.8) is 0 Å². The number of fused-ring (bicyclic) bond motifs is 1. The topological polar surface area (TPSA) is 63.0 Å². The second kappa shape index (κ2) is 7.65. The van der Waals surface area contributed by atoms with Gasteiger partial charge in [-0.15, -0.1) is 11.3 Å². The summed E-state index contributed by atoms with van der Waals surface area (Å²) in [7, 11) is 0. The van der Waals surface area contributed by atoms with Crippen LogP contribution in [0.2, 0.25) is 0 Å². The summed E-state index contributed by atoms with van der Waals surface area (Å²) in [6.07, 6.45) is 5.37. The van der Waals surface area contributed by atoms with E-state index in [0.717, 1.165) is 29.7 Å². The van der Waals surface area contributed by atoms with E-state index in [4.69, 9.17) is 4.74 Å². The lowest BCUT2D eigenvalue weighted by molar-refractivity contribution is -0.170. The Morgan fingerprint density at radius 3 is 2.70 bits per heavy atom. The fourth-order valence-electron chi connectivity index (χ4n) is 5.62. The van der Waals surface area contributed by atoms with Gasteiger partial charge in [0, 0.05) is 55.4 Å². The van der Waals surface area contributed by atoms with Crippen LogP contribution in [0.3, 0.4) is 0 Å². The van der Waals surface area contributed by atoms with Gasteiger partial charge in [0.1, 0.15) is 6.61 Å². The monoisotopic (exact) mass is 473 g/mol. The molecule has 0 bridgehead atoms. The molecule has 0 N–H and O–H groups in total. The predicted octanol–water partition coefficient (Wildman–Crippen LogP) is 4.54. The third-order valence-corrected chi connectivity index (χ3v) is 7.87. The number of hydrogen-bond donors (Lipinski definition) is 0. The Balaban J connectivity index is 1.06. The molecule has 33 heavy (non-hydrogen) atoms. The van der Waals surface area contributed by atoms with Gasteiger partial charge >= 0.3 is 6.09 Å². The predicted molar refractivity (Wildman–Crippen MR) is 120 cm³/mol. The number of likely N-dealkylation sites (tertiary alicyclic amines) is 1. The molecule has 0 unspecified atom stereocenters. The van der Waals surface area contributed by atoms with Gasteiger partial charge in [-0.05, 0) is 30.9 Å². The Morgan fingerprint density at radius 1 is 1.21 bits per heavy atom. The van der Waals surface area contributed by atoms with Gasteiger partial charge in [-0.3, -0.25) is 0 Å². The highest BCUT2D eigenvalue weighted by molar-refractivity contribution is 7.07. The third-order valence-electron chi connectivity index (χ3n) is 7.24. The minimum Gasteiger partial charge on any atom is -0.443 e. The molecule has 1 amide bonds. The fraction of sp³-hybridized carbons (Fsp3) is 0.522. The maximum Gasteiger partial charge on any atom is 0.410 e. The molecule has 2 aliphatic heterocycles. The number of halogens is 2. The highest BCUT2D eigenvalue weighted by Gasteiger charge is 2.61. The molecule has 3 aromatic rings. The Morgan fingerprint density at radius 2 is 2.00 bits per heavy atom. The molecule has 0 atom stereocenters. The standard InChI is InChI=1S/C23H25F2N5O2S/c24-23(25)11-22(12-23)13-29(14-22)18-1-2-20-19(7-27-30(20)8-18)16-3-5-28(6-4-16)21(31)32-9-17-10-33-15-26-17/h1-2,7-8,10,15-16H,3-6,9,11-14H2. The zero-order chi connectivity index (χ0) is 22.6. The van der Waals surface area contributed by atoms with Crippen LogP contribution in [0.4, 0.5) is 19.3 Å². The summed E-state index contributed by atoms with van der Waals surface area (Å²) in [5.41, 5.74) is 5.58. The van der Waals surface area contributed by atoms with Gasteiger partial charge in [-0.25, -0.2) is 23.1 Å². The van der Waals surface area contributed by atoms with E-state index in [1.165, 1.54) is 16.9 Å². The summed E-state index contributed by atoms with van der Waals surface area (Å²) in [6.45, 7) is 2.89. The van der Waals surface area contributed by atoms with Crippen molar-refractivity contribution in [1.29, 1.82) is 0 Å². The van der Waals surface area contributed by atoms with Crippen molar-refractivity contribution in [3.05, 3.63) is 46.7 Å².